The lowest BCUT2D eigenvalue weighted by molar-refractivity contribution is 0.104. The predicted octanol–water partition coefficient (Wildman–Crippen LogP) is 6.70. The number of hydrogen-bond donors (Lipinski definition) is 0. The van der Waals surface area contributed by atoms with Crippen LogP contribution in [0.1, 0.15) is 41.6 Å². The number of methoxy groups -OCH3 is 1. The van der Waals surface area contributed by atoms with Crippen LogP contribution < -0.4 is 9.47 Å². The molecule has 0 heterocycles. The molecule has 0 saturated heterocycles. The minimum absolute atomic E-state index is 0.0579. The highest BCUT2D eigenvalue weighted by Crippen LogP contribution is 2.21. The van der Waals surface area contributed by atoms with Gasteiger partial charge in [0.15, 0.2) is 5.78 Å². The molecular weight excluding hydrogens is 463 g/mol. The Kier molecular flexibility index (Phi) is 10.8. The summed E-state index contributed by atoms with van der Waals surface area (Å²) in [6.07, 6.45) is 4.18. The predicted molar refractivity (Wildman–Crippen MR) is 126 cm³/mol. The van der Waals surface area contributed by atoms with Crippen molar-refractivity contribution in [2.45, 2.75) is 25.7 Å². The molecule has 0 fully saturated rings. The Morgan fingerprint density at radius 3 is 2.07 bits per heavy atom. The second-order valence-corrected chi connectivity index (χ2v) is 14.3. The molecule has 2 rings (SSSR count). The van der Waals surface area contributed by atoms with E-state index < -0.39 is 6.25 Å². The monoisotopic (exact) mass is 486 g/mol. The number of rotatable bonds is 13. The van der Waals surface area contributed by atoms with Crippen LogP contribution in [0.15, 0.2) is 54.6 Å². The van der Waals surface area contributed by atoms with Crippen molar-refractivity contribution in [2.24, 2.45) is 0 Å². The summed E-state index contributed by atoms with van der Waals surface area (Å²) in [6, 6.07) is 14.7. The molecule has 0 atom stereocenters. The van der Waals surface area contributed by atoms with Crippen molar-refractivity contribution in [3.63, 3.8) is 0 Å². The summed E-state index contributed by atoms with van der Waals surface area (Å²) in [6.45, 7) is 1.09. The van der Waals surface area contributed by atoms with Crippen LogP contribution in [0.5, 0.6) is 11.5 Å². The largest absolute Gasteiger partial charge is 0.497 e. The van der Waals surface area contributed by atoms with Crippen molar-refractivity contribution in [1.82, 2.24) is 0 Å². The van der Waals surface area contributed by atoms with Gasteiger partial charge < -0.3 is 13.9 Å². The molecule has 4 nitrogen and oxygen atoms in total. The van der Waals surface area contributed by atoms with Gasteiger partial charge >= 0.3 is 6.25 Å². The maximum absolute atomic E-state index is 12.3. The minimum Gasteiger partial charge on any atom is -0.497 e. The normalized spacial score (nSPS) is 11.6. The average molecular weight is 488 g/mol. The summed E-state index contributed by atoms with van der Waals surface area (Å²) >= 11 is 16.9. The molecule has 0 aromatic heterocycles. The smallest absolute Gasteiger partial charge is 0.493 e. The molecule has 0 radical (unpaired) electrons. The topological polar surface area (TPSA) is 44.8 Å². The van der Waals surface area contributed by atoms with Crippen LogP contribution in [0.2, 0.25) is 0 Å². The number of hydrogen-bond acceptors (Lipinski definition) is 4. The number of carbonyl (C=O) groups excluding carboxylic acids is 1. The molecule has 0 saturated carbocycles. The molecule has 0 N–H and O–H groups in total. The molecule has 2 aromatic carbocycles. The Bertz CT molecular complexity index is 803. The lowest BCUT2D eigenvalue weighted by atomic mass is 10.1. The van der Waals surface area contributed by atoms with E-state index in [0.717, 1.165) is 42.7 Å². The zero-order chi connectivity index (χ0) is 21.8. The first-order valence-corrected chi connectivity index (χ1v) is 14.6. The minimum atomic E-state index is -2.96. The number of unbranched alkanes of at least 4 members (excludes halogenated alkanes) is 3. The van der Waals surface area contributed by atoms with Gasteiger partial charge in [0, 0.05) is 12.2 Å². The number of ketones is 1. The Morgan fingerprint density at radius 2 is 1.47 bits per heavy atom. The molecule has 2 aromatic rings. The van der Waals surface area contributed by atoms with E-state index in [9.17, 15) is 4.79 Å². The zero-order valence-electron chi connectivity index (χ0n) is 16.8. The summed E-state index contributed by atoms with van der Waals surface area (Å²) in [5, 5.41) is 0. The maximum atomic E-state index is 12.3. The van der Waals surface area contributed by atoms with E-state index in [1.165, 1.54) is 0 Å². The Hall–Kier alpha value is -1.50. The second kappa shape index (κ2) is 13.0. The molecule has 0 aliphatic carbocycles. The van der Waals surface area contributed by atoms with Crippen LogP contribution in [0.25, 0.3) is 6.08 Å². The van der Waals surface area contributed by atoms with Gasteiger partial charge in [-0.25, -0.2) is 0 Å². The van der Waals surface area contributed by atoms with Crippen LogP contribution in [0, 0.1) is 0 Å². The van der Waals surface area contributed by atoms with Crippen molar-refractivity contribution in [2.75, 3.05) is 20.3 Å². The van der Waals surface area contributed by atoms with Crippen molar-refractivity contribution in [1.29, 1.82) is 0 Å². The molecule has 0 bridgehead atoms. The maximum Gasteiger partial charge on any atom is 0.493 e. The van der Waals surface area contributed by atoms with Crippen molar-refractivity contribution >= 4 is 51.3 Å². The van der Waals surface area contributed by atoms with Gasteiger partial charge in [0.25, 0.3) is 0 Å². The van der Waals surface area contributed by atoms with E-state index in [1.54, 1.807) is 31.4 Å². The van der Waals surface area contributed by atoms with E-state index >= 15 is 0 Å². The van der Waals surface area contributed by atoms with Crippen LogP contribution in [-0.2, 0) is 4.43 Å². The highest BCUT2D eigenvalue weighted by Gasteiger charge is 2.26. The fourth-order valence-corrected chi connectivity index (χ4v) is 3.70. The first-order chi connectivity index (χ1) is 14.4. The fourth-order valence-electron chi connectivity index (χ4n) is 2.63. The van der Waals surface area contributed by atoms with E-state index in [2.05, 4.69) is 0 Å². The van der Waals surface area contributed by atoms with Gasteiger partial charge in [-0.15, -0.1) is 0 Å². The highest BCUT2D eigenvalue weighted by molar-refractivity contribution is 7.62. The summed E-state index contributed by atoms with van der Waals surface area (Å²) in [4.78, 5) is 12.3. The quantitative estimate of drug-likeness (QED) is 0.104. The number of benzene rings is 2. The van der Waals surface area contributed by atoms with Crippen LogP contribution in [0.3, 0.4) is 0 Å². The van der Waals surface area contributed by atoms with Crippen molar-refractivity contribution in [3.05, 3.63) is 65.7 Å². The van der Waals surface area contributed by atoms with Gasteiger partial charge in [-0.2, -0.15) is 0 Å². The first-order valence-electron chi connectivity index (χ1n) is 9.67. The standard InChI is InChI=1S/C22H25Cl3O4Si/c1-27-20-11-6-18(7-12-20)8-15-22(26)19-9-13-21(14-10-19)28-16-4-2-3-5-17-29-30(23,24)25/h6-15H,2-5,16-17H2,1H3/b15-8+. The molecule has 8 heteroatoms. The Morgan fingerprint density at radius 1 is 0.867 bits per heavy atom. The fraction of sp³-hybridized carbons (Fsp3) is 0.318. The SMILES string of the molecule is COc1ccc(/C=C/C(=O)c2ccc(OCCCCCCO[Si](Cl)(Cl)Cl)cc2)cc1. The molecule has 0 unspecified atom stereocenters. The average Bonchev–Trinajstić information content (AvgIpc) is 2.74. The Balaban J connectivity index is 1.67. The molecule has 0 aliphatic heterocycles. The summed E-state index contributed by atoms with van der Waals surface area (Å²) < 4.78 is 16.0. The third kappa shape index (κ3) is 10.0. The number of allylic oxidation sites excluding steroid dienone is 1. The summed E-state index contributed by atoms with van der Waals surface area (Å²) in [5.74, 6) is 1.47. The molecule has 0 aliphatic rings. The van der Waals surface area contributed by atoms with Gasteiger partial charge in [0.05, 0.1) is 13.7 Å². The molecule has 162 valence electrons. The number of ether oxygens (including phenoxy) is 2. The van der Waals surface area contributed by atoms with Crippen LogP contribution in [-0.4, -0.2) is 32.4 Å². The summed E-state index contributed by atoms with van der Waals surface area (Å²) in [7, 11) is 1.62. The van der Waals surface area contributed by atoms with Crippen LogP contribution in [0.4, 0.5) is 0 Å². The van der Waals surface area contributed by atoms with Gasteiger partial charge in [-0.1, -0.05) is 57.9 Å². The number of carbonyl (C=O) groups is 1. The first kappa shape index (κ1) is 24.8. The Labute approximate surface area is 192 Å². The highest BCUT2D eigenvalue weighted by atomic mass is 35.8. The third-order valence-corrected chi connectivity index (χ3v) is 5.77. The molecule has 0 amide bonds. The van der Waals surface area contributed by atoms with Crippen LogP contribution >= 0.6 is 33.2 Å². The molecule has 30 heavy (non-hydrogen) atoms. The molecular formula is C22H25Cl3O4Si. The van der Waals surface area contributed by atoms with Gasteiger partial charge in [-0.3, -0.25) is 4.79 Å². The zero-order valence-corrected chi connectivity index (χ0v) is 20.1. The summed E-state index contributed by atoms with van der Waals surface area (Å²) in [5.41, 5.74) is 1.55. The third-order valence-electron chi connectivity index (χ3n) is 4.25. The van der Waals surface area contributed by atoms with E-state index in [-0.39, 0.29) is 5.78 Å². The number of halogens is 3. The van der Waals surface area contributed by atoms with Gasteiger partial charge in [-0.05, 0) is 67.3 Å². The van der Waals surface area contributed by atoms with Crippen molar-refractivity contribution < 1.29 is 18.7 Å². The van der Waals surface area contributed by atoms with E-state index in [0.29, 0.717) is 18.8 Å². The molecule has 0 spiro atoms. The van der Waals surface area contributed by atoms with Crippen molar-refractivity contribution in [3.8, 4) is 11.5 Å². The lowest BCUT2D eigenvalue weighted by Crippen LogP contribution is -2.16. The van der Waals surface area contributed by atoms with E-state index in [1.807, 2.05) is 36.4 Å². The van der Waals surface area contributed by atoms with E-state index in [4.69, 9.17) is 47.1 Å². The lowest BCUT2D eigenvalue weighted by Gasteiger charge is -2.09. The second-order valence-electron chi connectivity index (χ2n) is 6.55. The van der Waals surface area contributed by atoms with Gasteiger partial charge in [0.2, 0.25) is 0 Å². The van der Waals surface area contributed by atoms with Gasteiger partial charge in [0.1, 0.15) is 11.5 Å².